The second kappa shape index (κ2) is 8.49. The van der Waals surface area contributed by atoms with E-state index < -0.39 is 0 Å². The van der Waals surface area contributed by atoms with Crippen molar-refractivity contribution in [3.63, 3.8) is 0 Å². The van der Waals surface area contributed by atoms with Crippen molar-refractivity contribution in [2.75, 3.05) is 27.4 Å². The van der Waals surface area contributed by atoms with Crippen LogP contribution in [0.3, 0.4) is 0 Å². The molecule has 0 saturated heterocycles. The van der Waals surface area contributed by atoms with Gasteiger partial charge in [-0.2, -0.15) is 0 Å². The van der Waals surface area contributed by atoms with E-state index in [0.29, 0.717) is 6.61 Å². The summed E-state index contributed by atoms with van der Waals surface area (Å²) in [6.07, 6.45) is 0.198. The molecule has 0 radical (unpaired) electrons. The molecular formula is C15H24BrNO3. The SMILES string of the molecule is CCNC(COC(C)C)c1ccc(OC)c(Br)c1OC. The van der Waals surface area contributed by atoms with Crippen LogP contribution in [-0.4, -0.2) is 33.5 Å². The van der Waals surface area contributed by atoms with Gasteiger partial charge in [0.25, 0.3) is 0 Å². The second-order valence-electron chi connectivity index (χ2n) is 4.70. The largest absolute Gasteiger partial charge is 0.495 e. The number of nitrogens with one attached hydrogen (secondary N) is 1. The van der Waals surface area contributed by atoms with E-state index in [2.05, 4.69) is 28.2 Å². The van der Waals surface area contributed by atoms with Gasteiger partial charge in [0.1, 0.15) is 16.0 Å². The Bertz CT molecular complexity index is 424. The normalized spacial score (nSPS) is 12.6. The van der Waals surface area contributed by atoms with Crippen molar-refractivity contribution in [3.05, 3.63) is 22.2 Å². The predicted octanol–water partition coefficient (Wildman–Crippen LogP) is 3.54. The molecule has 5 heteroatoms. The molecule has 0 amide bonds. The van der Waals surface area contributed by atoms with Crippen molar-refractivity contribution < 1.29 is 14.2 Å². The number of hydrogen-bond acceptors (Lipinski definition) is 4. The molecule has 0 aliphatic rings. The van der Waals surface area contributed by atoms with E-state index in [1.807, 2.05) is 26.0 Å². The first kappa shape index (κ1) is 17.3. The molecule has 0 bridgehead atoms. The molecule has 0 aromatic heterocycles. The molecule has 0 spiro atoms. The summed E-state index contributed by atoms with van der Waals surface area (Å²) in [6.45, 7) is 7.60. The Labute approximate surface area is 129 Å². The quantitative estimate of drug-likeness (QED) is 0.782. The van der Waals surface area contributed by atoms with E-state index >= 15 is 0 Å². The van der Waals surface area contributed by atoms with Crippen LogP contribution in [0.2, 0.25) is 0 Å². The topological polar surface area (TPSA) is 39.7 Å². The van der Waals surface area contributed by atoms with Gasteiger partial charge in [-0.15, -0.1) is 0 Å². The van der Waals surface area contributed by atoms with E-state index in [-0.39, 0.29) is 12.1 Å². The third-order valence-corrected chi connectivity index (χ3v) is 3.69. The Morgan fingerprint density at radius 2 is 1.90 bits per heavy atom. The van der Waals surface area contributed by atoms with Crippen LogP contribution >= 0.6 is 15.9 Å². The first-order valence-electron chi connectivity index (χ1n) is 6.80. The lowest BCUT2D eigenvalue weighted by Crippen LogP contribution is -2.27. The fourth-order valence-electron chi connectivity index (χ4n) is 1.99. The van der Waals surface area contributed by atoms with Gasteiger partial charge in [0.2, 0.25) is 0 Å². The summed E-state index contributed by atoms with van der Waals surface area (Å²) in [4.78, 5) is 0. The van der Waals surface area contributed by atoms with Crippen LogP contribution in [0.25, 0.3) is 0 Å². The Hall–Kier alpha value is -0.780. The zero-order valence-electron chi connectivity index (χ0n) is 12.8. The first-order chi connectivity index (χ1) is 9.54. The van der Waals surface area contributed by atoms with Gasteiger partial charge in [0.15, 0.2) is 0 Å². The Morgan fingerprint density at radius 3 is 2.40 bits per heavy atom. The highest BCUT2D eigenvalue weighted by atomic mass is 79.9. The van der Waals surface area contributed by atoms with E-state index in [1.54, 1.807) is 14.2 Å². The standard InChI is InChI=1S/C15H24BrNO3/c1-6-17-12(9-20-10(2)3)11-7-8-13(18-4)14(16)15(11)19-5/h7-8,10,12,17H,6,9H2,1-5H3. The van der Waals surface area contributed by atoms with Crippen LogP contribution in [0.1, 0.15) is 32.4 Å². The third kappa shape index (κ3) is 4.36. The second-order valence-corrected chi connectivity index (χ2v) is 5.49. The minimum absolute atomic E-state index is 0.0829. The molecule has 1 aromatic carbocycles. The average Bonchev–Trinajstić information content (AvgIpc) is 2.43. The highest BCUT2D eigenvalue weighted by Gasteiger charge is 2.20. The van der Waals surface area contributed by atoms with Gasteiger partial charge < -0.3 is 19.5 Å². The van der Waals surface area contributed by atoms with Crippen LogP contribution in [0.5, 0.6) is 11.5 Å². The summed E-state index contributed by atoms with van der Waals surface area (Å²) in [5, 5.41) is 3.43. The van der Waals surface area contributed by atoms with E-state index in [4.69, 9.17) is 14.2 Å². The third-order valence-electron chi connectivity index (χ3n) is 2.94. The van der Waals surface area contributed by atoms with Gasteiger partial charge >= 0.3 is 0 Å². The van der Waals surface area contributed by atoms with Crippen molar-refractivity contribution >= 4 is 15.9 Å². The Kier molecular flexibility index (Phi) is 7.34. The number of benzene rings is 1. The maximum atomic E-state index is 5.74. The van der Waals surface area contributed by atoms with Crippen LogP contribution in [0.4, 0.5) is 0 Å². The minimum Gasteiger partial charge on any atom is -0.495 e. The Balaban J connectivity index is 3.08. The molecule has 1 aromatic rings. The lowest BCUT2D eigenvalue weighted by atomic mass is 10.1. The fraction of sp³-hybridized carbons (Fsp3) is 0.600. The molecular weight excluding hydrogens is 322 g/mol. The van der Waals surface area contributed by atoms with Gasteiger partial charge in [-0.05, 0) is 48.5 Å². The molecule has 1 rings (SSSR count). The maximum Gasteiger partial charge on any atom is 0.141 e. The maximum absolute atomic E-state index is 5.74. The van der Waals surface area contributed by atoms with Gasteiger partial charge in [-0.1, -0.05) is 6.92 Å². The highest BCUT2D eigenvalue weighted by Crippen LogP contribution is 2.39. The summed E-state index contributed by atoms with van der Waals surface area (Å²) in [6, 6.07) is 4.03. The lowest BCUT2D eigenvalue weighted by Gasteiger charge is -2.23. The molecule has 1 atom stereocenters. The number of methoxy groups -OCH3 is 2. The molecule has 1 N–H and O–H groups in total. The molecule has 0 saturated carbocycles. The number of hydrogen-bond donors (Lipinski definition) is 1. The van der Waals surface area contributed by atoms with Crippen LogP contribution in [-0.2, 0) is 4.74 Å². The molecule has 0 aliphatic heterocycles. The minimum atomic E-state index is 0.0829. The summed E-state index contributed by atoms with van der Waals surface area (Å²) < 4.78 is 17.4. The summed E-state index contributed by atoms with van der Waals surface area (Å²) in [5.74, 6) is 1.54. The Morgan fingerprint density at radius 1 is 1.20 bits per heavy atom. The summed E-state index contributed by atoms with van der Waals surface area (Å²) >= 11 is 3.53. The fourth-order valence-corrected chi connectivity index (χ4v) is 2.67. The van der Waals surface area contributed by atoms with Crippen molar-refractivity contribution in [1.82, 2.24) is 5.32 Å². The number of likely N-dealkylation sites (N-methyl/N-ethyl adjacent to an activating group) is 1. The van der Waals surface area contributed by atoms with E-state index in [9.17, 15) is 0 Å². The average molecular weight is 346 g/mol. The monoisotopic (exact) mass is 345 g/mol. The van der Waals surface area contributed by atoms with Crippen molar-refractivity contribution in [2.24, 2.45) is 0 Å². The smallest absolute Gasteiger partial charge is 0.141 e. The molecule has 0 heterocycles. The first-order valence-corrected chi connectivity index (χ1v) is 7.59. The molecule has 20 heavy (non-hydrogen) atoms. The number of rotatable bonds is 8. The molecule has 0 fully saturated rings. The molecule has 0 aliphatic carbocycles. The zero-order valence-corrected chi connectivity index (χ0v) is 14.4. The van der Waals surface area contributed by atoms with Crippen molar-refractivity contribution in [2.45, 2.75) is 32.9 Å². The van der Waals surface area contributed by atoms with Gasteiger partial charge in [-0.25, -0.2) is 0 Å². The number of ether oxygens (including phenoxy) is 3. The van der Waals surface area contributed by atoms with Gasteiger partial charge in [0.05, 0.1) is 33.0 Å². The van der Waals surface area contributed by atoms with Crippen molar-refractivity contribution in [3.8, 4) is 11.5 Å². The molecule has 1 unspecified atom stereocenters. The van der Waals surface area contributed by atoms with Crippen LogP contribution in [0, 0.1) is 0 Å². The van der Waals surface area contributed by atoms with Crippen molar-refractivity contribution in [1.29, 1.82) is 0 Å². The van der Waals surface area contributed by atoms with E-state index in [1.165, 1.54) is 0 Å². The van der Waals surface area contributed by atoms with E-state index in [0.717, 1.165) is 28.1 Å². The highest BCUT2D eigenvalue weighted by molar-refractivity contribution is 9.10. The lowest BCUT2D eigenvalue weighted by molar-refractivity contribution is 0.0609. The van der Waals surface area contributed by atoms with Crippen LogP contribution in [0.15, 0.2) is 16.6 Å². The molecule has 114 valence electrons. The van der Waals surface area contributed by atoms with Gasteiger partial charge in [0, 0.05) is 5.56 Å². The van der Waals surface area contributed by atoms with Gasteiger partial charge in [-0.3, -0.25) is 0 Å². The number of halogens is 1. The predicted molar refractivity (Wildman–Crippen MR) is 84.8 cm³/mol. The molecule has 4 nitrogen and oxygen atoms in total. The summed E-state index contributed by atoms with van der Waals surface area (Å²) in [7, 11) is 3.30. The zero-order chi connectivity index (χ0) is 15.1. The van der Waals surface area contributed by atoms with Crippen LogP contribution < -0.4 is 14.8 Å². The summed E-state index contributed by atoms with van der Waals surface area (Å²) in [5.41, 5.74) is 1.06.